The number of benzene rings is 3. The van der Waals surface area contributed by atoms with Crippen molar-refractivity contribution < 1.29 is 31.9 Å². The molecule has 0 saturated carbocycles. The van der Waals surface area contributed by atoms with E-state index < -0.39 is 61.3 Å². The van der Waals surface area contributed by atoms with Crippen LogP contribution in [0.5, 0.6) is 0 Å². The van der Waals surface area contributed by atoms with Gasteiger partial charge >= 0.3 is 0 Å². The van der Waals surface area contributed by atoms with Gasteiger partial charge in [0.2, 0.25) is 10.8 Å². The number of carbonyl (C=O) groups excluding carboxylic acids is 2. The second kappa shape index (κ2) is 8.01. The average Bonchev–Trinajstić information content (AvgIpc) is 3.22. The molecule has 2 unspecified atom stereocenters. The zero-order valence-corrected chi connectivity index (χ0v) is 18.4. The van der Waals surface area contributed by atoms with Crippen LogP contribution in [0.25, 0.3) is 0 Å². The number of non-ortho nitro benzene ring substituents is 1. The van der Waals surface area contributed by atoms with Crippen molar-refractivity contribution in [2.75, 3.05) is 15.6 Å². The highest BCUT2D eigenvalue weighted by molar-refractivity contribution is 7.88. The number of nitrogens with zero attached hydrogens (tertiary/aromatic N) is 3. The van der Waals surface area contributed by atoms with Crippen LogP contribution in [0.1, 0.15) is 11.1 Å². The Morgan fingerprint density at radius 3 is 2.34 bits per heavy atom. The van der Waals surface area contributed by atoms with E-state index in [4.69, 9.17) is 0 Å². The summed E-state index contributed by atoms with van der Waals surface area (Å²) in [5.74, 6) is -5.24. The summed E-state index contributed by atoms with van der Waals surface area (Å²) >= 11 is 0. The standard InChI is InChI=1S/C23H14F3N3O5S/c24-14-3-1-13(2-4-14)11-27-20-8-6-16(29(32)33)9-17(20)23(22(27)31)28(21(30)12-35(23)34)15-5-7-18(25)19(26)10-15/h1-10H,11-12H2. The van der Waals surface area contributed by atoms with E-state index in [9.17, 15) is 37.1 Å². The zero-order chi connectivity index (χ0) is 25.1. The Labute approximate surface area is 198 Å². The molecule has 35 heavy (non-hydrogen) atoms. The van der Waals surface area contributed by atoms with E-state index >= 15 is 0 Å². The van der Waals surface area contributed by atoms with Crippen LogP contribution < -0.4 is 9.80 Å². The number of nitro benzene ring substituents is 1. The van der Waals surface area contributed by atoms with Crippen molar-refractivity contribution in [3.05, 3.63) is 99.4 Å². The molecule has 2 aliphatic heterocycles. The smallest absolute Gasteiger partial charge is 0.271 e. The predicted molar refractivity (Wildman–Crippen MR) is 119 cm³/mol. The van der Waals surface area contributed by atoms with Crippen LogP contribution in [0, 0.1) is 27.6 Å². The Morgan fingerprint density at radius 1 is 0.971 bits per heavy atom. The average molecular weight is 501 g/mol. The molecule has 0 bridgehead atoms. The Bertz CT molecular complexity index is 1450. The third-order valence-corrected chi connectivity index (χ3v) is 7.69. The van der Waals surface area contributed by atoms with Crippen molar-refractivity contribution in [3.63, 3.8) is 0 Å². The number of hydrogen-bond acceptors (Lipinski definition) is 5. The molecule has 1 fully saturated rings. The van der Waals surface area contributed by atoms with Crippen molar-refractivity contribution in [3.8, 4) is 0 Å². The fraction of sp³-hybridized carbons (Fsp3) is 0.130. The number of halogens is 3. The van der Waals surface area contributed by atoms with E-state index in [-0.39, 0.29) is 23.5 Å². The highest BCUT2D eigenvalue weighted by Gasteiger charge is 2.65. The molecule has 2 heterocycles. The fourth-order valence-electron chi connectivity index (χ4n) is 4.43. The minimum absolute atomic E-state index is 0.0762. The molecule has 3 aromatic carbocycles. The van der Waals surface area contributed by atoms with Crippen molar-refractivity contribution in [1.29, 1.82) is 0 Å². The van der Waals surface area contributed by atoms with Crippen molar-refractivity contribution in [2.24, 2.45) is 0 Å². The first-order valence-corrected chi connectivity index (χ1v) is 11.5. The summed E-state index contributed by atoms with van der Waals surface area (Å²) in [7, 11) is -2.24. The van der Waals surface area contributed by atoms with Gasteiger partial charge in [-0.25, -0.2) is 13.2 Å². The quantitative estimate of drug-likeness (QED) is 0.402. The molecule has 12 heteroatoms. The summed E-state index contributed by atoms with van der Waals surface area (Å²) in [5.41, 5.74) is -0.0702. The number of anilines is 2. The molecule has 0 aliphatic carbocycles. The van der Waals surface area contributed by atoms with Crippen LogP contribution in [-0.4, -0.2) is 26.7 Å². The number of nitro groups is 1. The molecular formula is C23H14F3N3O5S. The molecule has 2 atom stereocenters. The van der Waals surface area contributed by atoms with Gasteiger partial charge in [0, 0.05) is 29.4 Å². The highest BCUT2D eigenvalue weighted by Crippen LogP contribution is 2.52. The van der Waals surface area contributed by atoms with Crippen LogP contribution in [0.2, 0.25) is 0 Å². The van der Waals surface area contributed by atoms with Crippen molar-refractivity contribution in [2.45, 2.75) is 11.4 Å². The minimum Gasteiger partial charge on any atom is -0.304 e. The molecule has 1 saturated heterocycles. The molecule has 8 nitrogen and oxygen atoms in total. The first-order valence-electron chi connectivity index (χ1n) is 10.2. The minimum atomic E-state index is -2.24. The molecular weight excluding hydrogens is 487 g/mol. The Hall–Kier alpha value is -4.06. The molecule has 1 spiro atoms. The highest BCUT2D eigenvalue weighted by atomic mass is 32.2. The molecule has 0 N–H and O–H groups in total. The lowest BCUT2D eigenvalue weighted by atomic mass is 10.0. The molecule has 178 valence electrons. The Kier molecular flexibility index (Phi) is 5.20. The SMILES string of the molecule is O=C1CS(=O)C2(C(=O)N(Cc3ccc(F)cc3)c3ccc([N+](=O)[O-])cc32)N1c1ccc(F)c(F)c1. The molecule has 0 aromatic heterocycles. The Morgan fingerprint density at radius 2 is 1.69 bits per heavy atom. The van der Waals surface area contributed by atoms with Crippen molar-refractivity contribution in [1.82, 2.24) is 0 Å². The van der Waals surface area contributed by atoms with Gasteiger partial charge in [-0.15, -0.1) is 0 Å². The van der Waals surface area contributed by atoms with Gasteiger partial charge in [-0.1, -0.05) is 12.1 Å². The first-order chi connectivity index (χ1) is 16.6. The molecule has 3 aromatic rings. The topological polar surface area (TPSA) is 101 Å². The number of carbonyl (C=O) groups is 2. The van der Waals surface area contributed by atoms with E-state index in [0.29, 0.717) is 11.6 Å². The second-order valence-electron chi connectivity index (χ2n) is 7.94. The summed E-state index contributed by atoms with van der Waals surface area (Å²) in [4.78, 5) is 37.5. The maximum absolute atomic E-state index is 14.1. The summed E-state index contributed by atoms with van der Waals surface area (Å²) < 4.78 is 54.5. The summed E-state index contributed by atoms with van der Waals surface area (Å²) in [6.07, 6.45) is 0. The summed E-state index contributed by atoms with van der Waals surface area (Å²) in [6.45, 7) is -0.122. The largest absolute Gasteiger partial charge is 0.304 e. The third-order valence-electron chi connectivity index (χ3n) is 5.95. The second-order valence-corrected chi connectivity index (χ2v) is 9.51. The van der Waals surface area contributed by atoms with Gasteiger partial charge < -0.3 is 4.90 Å². The van der Waals surface area contributed by atoms with Gasteiger partial charge in [0.15, 0.2) is 11.6 Å². The fourth-order valence-corrected chi connectivity index (χ4v) is 6.11. The Balaban J connectivity index is 1.74. The molecule has 2 amide bonds. The van der Waals surface area contributed by atoms with Crippen molar-refractivity contribution >= 4 is 39.7 Å². The number of amides is 2. The normalized spacial score (nSPS) is 21.2. The summed E-state index contributed by atoms with van der Waals surface area (Å²) in [6, 6.07) is 11.3. The molecule has 0 radical (unpaired) electrons. The third kappa shape index (κ3) is 3.32. The lowest BCUT2D eigenvalue weighted by Gasteiger charge is -2.32. The lowest BCUT2D eigenvalue weighted by Crippen LogP contribution is -2.52. The van der Waals surface area contributed by atoms with Gasteiger partial charge in [-0.3, -0.25) is 28.8 Å². The molecule has 5 rings (SSSR count). The van der Waals surface area contributed by atoms with Crippen LogP contribution in [0.4, 0.5) is 30.2 Å². The predicted octanol–water partition coefficient (Wildman–Crippen LogP) is 3.51. The van der Waals surface area contributed by atoms with Crippen LogP contribution >= 0.6 is 0 Å². The van der Waals surface area contributed by atoms with Gasteiger partial charge in [-0.2, -0.15) is 0 Å². The number of fused-ring (bicyclic) bond motifs is 2. The van der Waals surface area contributed by atoms with Crippen LogP contribution in [0.3, 0.4) is 0 Å². The van der Waals surface area contributed by atoms with Crippen LogP contribution in [-0.2, 0) is 31.8 Å². The lowest BCUT2D eigenvalue weighted by molar-refractivity contribution is -0.384. The van der Waals surface area contributed by atoms with Gasteiger partial charge in [0.1, 0.15) is 11.6 Å². The van der Waals surface area contributed by atoms with Gasteiger partial charge in [0.05, 0.1) is 28.0 Å². The maximum Gasteiger partial charge on any atom is 0.271 e. The number of rotatable bonds is 4. The van der Waals surface area contributed by atoms with Gasteiger partial charge in [0.25, 0.3) is 11.6 Å². The van der Waals surface area contributed by atoms with Crippen LogP contribution in [0.15, 0.2) is 60.7 Å². The van der Waals surface area contributed by atoms with E-state index in [2.05, 4.69) is 0 Å². The molecule has 2 aliphatic rings. The zero-order valence-electron chi connectivity index (χ0n) is 17.6. The van der Waals surface area contributed by atoms with E-state index in [1.165, 1.54) is 35.2 Å². The number of hydrogen-bond donors (Lipinski definition) is 0. The van der Waals surface area contributed by atoms with E-state index in [1.54, 1.807) is 0 Å². The first kappa shape index (κ1) is 22.7. The van der Waals surface area contributed by atoms with E-state index in [0.717, 1.165) is 29.2 Å². The monoisotopic (exact) mass is 501 g/mol. The summed E-state index contributed by atoms with van der Waals surface area (Å²) in [5, 5.41) is 11.5. The van der Waals surface area contributed by atoms with E-state index in [1.807, 2.05) is 0 Å². The van der Waals surface area contributed by atoms with Gasteiger partial charge in [-0.05, 0) is 35.9 Å². The maximum atomic E-state index is 14.1.